The molecule has 1 aliphatic carbocycles. The summed E-state index contributed by atoms with van der Waals surface area (Å²) in [4.78, 5) is 13.9. The Bertz CT molecular complexity index is 1130. The van der Waals surface area contributed by atoms with Crippen molar-refractivity contribution in [3.8, 4) is 16.5 Å². The lowest BCUT2D eigenvalue weighted by Crippen LogP contribution is -2.32. The van der Waals surface area contributed by atoms with Gasteiger partial charge < -0.3 is 4.74 Å². The summed E-state index contributed by atoms with van der Waals surface area (Å²) in [6, 6.07) is 10.3. The summed E-state index contributed by atoms with van der Waals surface area (Å²) in [7, 11) is -3.68. The van der Waals surface area contributed by atoms with Gasteiger partial charge in [0.1, 0.15) is 5.75 Å². The molecule has 1 N–H and O–H groups in total. The van der Waals surface area contributed by atoms with E-state index in [1.807, 2.05) is 24.4 Å². The van der Waals surface area contributed by atoms with E-state index >= 15 is 0 Å². The van der Waals surface area contributed by atoms with Gasteiger partial charge in [0.15, 0.2) is 5.82 Å². The van der Waals surface area contributed by atoms with E-state index in [0.717, 1.165) is 17.7 Å². The molecule has 0 unspecified atom stereocenters. The molecule has 8 nitrogen and oxygen atoms in total. The third-order valence-corrected chi connectivity index (χ3v) is 6.93. The van der Waals surface area contributed by atoms with Gasteiger partial charge >= 0.3 is 5.69 Å². The summed E-state index contributed by atoms with van der Waals surface area (Å²) in [6.07, 6.45) is 1.93. The second kappa shape index (κ2) is 8.13. The van der Waals surface area contributed by atoms with E-state index < -0.39 is 10.0 Å². The van der Waals surface area contributed by atoms with Crippen molar-refractivity contribution in [1.29, 1.82) is 0 Å². The van der Waals surface area contributed by atoms with Gasteiger partial charge in [0.2, 0.25) is 10.0 Å². The first-order chi connectivity index (χ1) is 14.0. The largest absolute Gasteiger partial charge is 0.494 e. The number of hydrogen-bond donors (Lipinski definition) is 1. The summed E-state index contributed by atoms with van der Waals surface area (Å²) < 4.78 is 35.9. The van der Waals surface area contributed by atoms with Crippen LogP contribution in [-0.2, 0) is 16.6 Å². The first-order valence-electron chi connectivity index (χ1n) is 9.45. The summed E-state index contributed by atoms with van der Waals surface area (Å²) in [5.41, 5.74) is -0.198. The molecule has 0 amide bonds. The van der Waals surface area contributed by atoms with Gasteiger partial charge in [-0.25, -0.2) is 22.6 Å². The maximum atomic E-state index is 12.8. The Hall–Kier alpha value is -2.43. The Morgan fingerprint density at radius 2 is 2.00 bits per heavy atom. The highest BCUT2D eigenvalue weighted by Crippen LogP contribution is 2.37. The SMILES string of the molecule is CCOc1ccc(S(=O)(=O)NCCn2nc(-c3cccs3)n(C3CC3)c2=O)cc1. The number of sulfonamides is 1. The monoisotopic (exact) mass is 434 g/mol. The highest BCUT2D eigenvalue weighted by molar-refractivity contribution is 7.89. The van der Waals surface area contributed by atoms with E-state index in [2.05, 4.69) is 9.82 Å². The van der Waals surface area contributed by atoms with Crippen LogP contribution < -0.4 is 15.1 Å². The highest BCUT2D eigenvalue weighted by Gasteiger charge is 2.30. The standard InChI is InChI=1S/C19H22N4O4S2/c1-2-27-15-7-9-16(10-8-15)29(25,26)20-11-12-22-19(24)23(14-5-6-14)18(21-22)17-4-3-13-28-17/h3-4,7-10,13-14,20H,2,5-6,11-12H2,1H3. The average Bonchev–Trinajstić information content (AvgIpc) is 3.27. The van der Waals surface area contributed by atoms with Crippen molar-refractivity contribution < 1.29 is 13.2 Å². The molecule has 1 aliphatic rings. The smallest absolute Gasteiger partial charge is 0.346 e. The number of nitrogens with zero attached hydrogens (tertiary/aromatic N) is 3. The van der Waals surface area contributed by atoms with Crippen molar-refractivity contribution in [3.63, 3.8) is 0 Å². The molecule has 29 heavy (non-hydrogen) atoms. The molecule has 3 aromatic rings. The predicted molar refractivity (Wildman–Crippen MR) is 111 cm³/mol. The zero-order chi connectivity index (χ0) is 20.4. The lowest BCUT2D eigenvalue weighted by Gasteiger charge is -2.08. The number of ether oxygens (including phenoxy) is 1. The van der Waals surface area contributed by atoms with Gasteiger partial charge in [-0.1, -0.05) is 6.07 Å². The van der Waals surface area contributed by atoms with E-state index in [1.165, 1.54) is 28.2 Å². The van der Waals surface area contributed by atoms with Crippen molar-refractivity contribution >= 4 is 21.4 Å². The van der Waals surface area contributed by atoms with E-state index in [-0.39, 0.29) is 29.7 Å². The Morgan fingerprint density at radius 3 is 2.62 bits per heavy atom. The molecular formula is C19H22N4O4S2. The molecule has 10 heteroatoms. The van der Waals surface area contributed by atoms with Crippen molar-refractivity contribution in [2.45, 2.75) is 37.2 Å². The van der Waals surface area contributed by atoms with Crippen LogP contribution in [0, 0.1) is 0 Å². The molecule has 0 saturated heterocycles. The number of hydrogen-bond acceptors (Lipinski definition) is 6. The molecule has 1 saturated carbocycles. The average molecular weight is 435 g/mol. The van der Waals surface area contributed by atoms with Gasteiger partial charge in [0.25, 0.3) is 0 Å². The van der Waals surface area contributed by atoms with E-state index in [9.17, 15) is 13.2 Å². The molecule has 1 fully saturated rings. The normalized spacial score (nSPS) is 14.2. The third kappa shape index (κ3) is 4.29. The molecule has 1 aromatic carbocycles. The second-order valence-electron chi connectivity index (χ2n) is 6.71. The van der Waals surface area contributed by atoms with E-state index in [4.69, 9.17) is 4.74 Å². The zero-order valence-corrected chi connectivity index (χ0v) is 17.6. The number of rotatable bonds is 9. The van der Waals surface area contributed by atoms with Crippen molar-refractivity contribution in [1.82, 2.24) is 19.1 Å². The van der Waals surface area contributed by atoms with Crippen molar-refractivity contribution in [3.05, 3.63) is 52.3 Å². The third-order valence-electron chi connectivity index (χ3n) is 4.58. The molecule has 0 radical (unpaired) electrons. The minimum Gasteiger partial charge on any atom is -0.494 e. The van der Waals surface area contributed by atoms with Crippen LogP contribution in [0.1, 0.15) is 25.8 Å². The van der Waals surface area contributed by atoms with Crippen LogP contribution >= 0.6 is 11.3 Å². The number of aromatic nitrogens is 3. The van der Waals surface area contributed by atoms with Gasteiger partial charge in [-0.2, -0.15) is 0 Å². The first-order valence-corrected chi connectivity index (χ1v) is 11.8. The van der Waals surface area contributed by atoms with Crippen LogP contribution in [0.2, 0.25) is 0 Å². The number of benzene rings is 1. The molecule has 2 heterocycles. The van der Waals surface area contributed by atoms with Crippen LogP contribution in [0.25, 0.3) is 10.7 Å². The lowest BCUT2D eigenvalue weighted by atomic mass is 10.3. The Morgan fingerprint density at radius 1 is 1.24 bits per heavy atom. The highest BCUT2D eigenvalue weighted by atomic mass is 32.2. The Labute approximate surface area is 172 Å². The van der Waals surface area contributed by atoms with Crippen LogP contribution in [0.4, 0.5) is 0 Å². The Kier molecular flexibility index (Phi) is 5.57. The molecule has 0 aliphatic heterocycles. The quantitative estimate of drug-likeness (QED) is 0.558. The number of nitrogens with one attached hydrogen (secondary N) is 1. The summed E-state index contributed by atoms with van der Waals surface area (Å²) in [5, 5.41) is 6.41. The second-order valence-corrected chi connectivity index (χ2v) is 9.42. The molecule has 0 bridgehead atoms. The van der Waals surface area contributed by atoms with E-state index in [1.54, 1.807) is 16.7 Å². The summed E-state index contributed by atoms with van der Waals surface area (Å²) in [5.74, 6) is 1.27. The Balaban J connectivity index is 1.47. The number of thiophene rings is 1. The fraction of sp³-hybridized carbons (Fsp3) is 0.368. The predicted octanol–water partition coefficient (Wildman–Crippen LogP) is 2.49. The van der Waals surface area contributed by atoms with Crippen LogP contribution in [-0.4, -0.2) is 35.9 Å². The van der Waals surface area contributed by atoms with Crippen LogP contribution in [0.15, 0.2) is 51.5 Å². The summed E-state index contributed by atoms with van der Waals surface area (Å²) >= 11 is 1.53. The molecule has 4 rings (SSSR count). The fourth-order valence-electron chi connectivity index (χ4n) is 3.05. The molecule has 2 aromatic heterocycles. The van der Waals surface area contributed by atoms with Crippen molar-refractivity contribution in [2.75, 3.05) is 13.2 Å². The molecular weight excluding hydrogens is 412 g/mol. The lowest BCUT2D eigenvalue weighted by molar-refractivity contribution is 0.340. The van der Waals surface area contributed by atoms with E-state index in [0.29, 0.717) is 18.2 Å². The van der Waals surface area contributed by atoms with Crippen molar-refractivity contribution in [2.24, 2.45) is 0 Å². The topological polar surface area (TPSA) is 95.2 Å². The molecule has 154 valence electrons. The summed E-state index contributed by atoms with van der Waals surface area (Å²) in [6.45, 7) is 2.61. The van der Waals surface area contributed by atoms with Gasteiger partial charge in [-0.05, 0) is 55.5 Å². The minimum atomic E-state index is -3.68. The molecule has 0 atom stereocenters. The van der Waals surface area contributed by atoms with Crippen LogP contribution in [0.3, 0.4) is 0 Å². The van der Waals surface area contributed by atoms with Gasteiger partial charge in [-0.3, -0.25) is 4.57 Å². The van der Waals surface area contributed by atoms with Gasteiger partial charge in [-0.15, -0.1) is 16.4 Å². The minimum absolute atomic E-state index is 0.0704. The van der Waals surface area contributed by atoms with Gasteiger partial charge in [0, 0.05) is 12.6 Å². The first kappa shape index (κ1) is 19.9. The van der Waals surface area contributed by atoms with Gasteiger partial charge in [0.05, 0.1) is 22.9 Å². The molecule has 0 spiro atoms. The van der Waals surface area contributed by atoms with Crippen LogP contribution in [0.5, 0.6) is 5.75 Å². The fourth-order valence-corrected chi connectivity index (χ4v) is 4.78. The maximum absolute atomic E-state index is 12.8. The maximum Gasteiger partial charge on any atom is 0.346 e. The zero-order valence-electron chi connectivity index (χ0n) is 15.9.